The first-order chi connectivity index (χ1) is 12.1. The fourth-order valence-corrected chi connectivity index (χ4v) is 2.57. The number of esters is 1. The maximum Gasteiger partial charge on any atom is 0.433 e. The molecule has 26 heavy (non-hydrogen) atoms. The van der Waals surface area contributed by atoms with Gasteiger partial charge in [-0.3, -0.25) is 14.9 Å². The lowest BCUT2D eigenvalue weighted by atomic mass is 10.3. The largest absolute Gasteiger partial charge is 0.450 e. The van der Waals surface area contributed by atoms with Gasteiger partial charge in [0.2, 0.25) is 5.76 Å². The molecular weight excluding hydrogens is 392 g/mol. The Kier molecular flexibility index (Phi) is 5.63. The molecule has 0 radical (unpaired) electrons. The number of anilines is 1. The highest BCUT2D eigenvalue weighted by Gasteiger charge is 2.20. The molecule has 0 spiro atoms. The van der Waals surface area contributed by atoms with Gasteiger partial charge in [-0.2, -0.15) is 0 Å². The van der Waals surface area contributed by atoms with Crippen LogP contribution in [0, 0.1) is 10.1 Å². The summed E-state index contributed by atoms with van der Waals surface area (Å²) < 4.78 is 32.3. The van der Waals surface area contributed by atoms with Gasteiger partial charge in [0.15, 0.2) is 16.4 Å². The number of carbonyl (C=O) groups is 2. The van der Waals surface area contributed by atoms with E-state index in [0.29, 0.717) is 0 Å². The molecule has 0 atom stereocenters. The predicted octanol–water partition coefficient (Wildman–Crippen LogP) is 2.04. The summed E-state index contributed by atoms with van der Waals surface area (Å²) in [6.07, 6.45) is 0.992. The highest BCUT2D eigenvalue weighted by Crippen LogP contribution is 2.25. The van der Waals surface area contributed by atoms with Crippen molar-refractivity contribution in [2.24, 2.45) is 0 Å². The van der Waals surface area contributed by atoms with Crippen LogP contribution < -0.4 is 5.32 Å². The summed E-state index contributed by atoms with van der Waals surface area (Å²) in [6.45, 7) is -0.743. The number of carbonyl (C=O) groups excluding carboxylic acids is 2. The van der Waals surface area contributed by atoms with Crippen LogP contribution in [0.1, 0.15) is 10.6 Å². The lowest BCUT2D eigenvalue weighted by molar-refractivity contribution is -0.402. The number of nitro groups is 1. The molecule has 1 aromatic heterocycles. The smallest absolute Gasteiger partial charge is 0.433 e. The standard InChI is InChI=1S/C14H11ClN2O8S/c1-26(22,23)8-2-3-9(15)10(6-8)16-12(18)7-24-14(19)11-4-5-13(25-11)17(20)21/h2-6H,7H2,1H3,(H,16,18). The average molecular weight is 403 g/mol. The number of nitrogens with zero attached hydrogens (tertiary/aromatic N) is 1. The van der Waals surface area contributed by atoms with E-state index < -0.39 is 44.9 Å². The Labute approximate surface area is 151 Å². The van der Waals surface area contributed by atoms with Crippen LogP contribution in [0.3, 0.4) is 0 Å². The van der Waals surface area contributed by atoms with E-state index in [0.717, 1.165) is 24.5 Å². The Morgan fingerprint density at radius 1 is 1.31 bits per heavy atom. The zero-order valence-corrected chi connectivity index (χ0v) is 14.7. The first-order valence-electron chi connectivity index (χ1n) is 6.79. The molecule has 2 rings (SSSR count). The third-order valence-corrected chi connectivity index (χ3v) is 4.39. The van der Waals surface area contributed by atoms with E-state index in [-0.39, 0.29) is 15.6 Å². The summed E-state index contributed by atoms with van der Waals surface area (Å²) in [5, 5.41) is 12.9. The van der Waals surface area contributed by atoms with E-state index in [4.69, 9.17) is 11.6 Å². The quantitative estimate of drug-likeness (QED) is 0.438. The van der Waals surface area contributed by atoms with Crippen molar-refractivity contribution in [1.82, 2.24) is 0 Å². The van der Waals surface area contributed by atoms with Crippen LogP contribution in [0.4, 0.5) is 11.6 Å². The second kappa shape index (κ2) is 7.54. The Morgan fingerprint density at radius 2 is 2.00 bits per heavy atom. The molecule has 0 bridgehead atoms. The van der Waals surface area contributed by atoms with Gasteiger partial charge in [-0.15, -0.1) is 0 Å². The molecule has 10 nitrogen and oxygen atoms in total. The summed E-state index contributed by atoms with van der Waals surface area (Å²) in [7, 11) is -3.51. The summed E-state index contributed by atoms with van der Waals surface area (Å²) in [5.74, 6) is -2.97. The zero-order valence-electron chi connectivity index (χ0n) is 13.1. The number of ether oxygens (including phenoxy) is 1. The number of rotatable bonds is 6. The van der Waals surface area contributed by atoms with Gasteiger partial charge < -0.3 is 14.5 Å². The van der Waals surface area contributed by atoms with Crippen molar-refractivity contribution < 1.29 is 32.1 Å². The molecule has 12 heteroatoms. The highest BCUT2D eigenvalue weighted by atomic mass is 35.5. The van der Waals surface area contributed by atoms with Gasteiger partial charge in [-0.05, 0) is 24.3 Å². The Balaban J connectivity index is 2.00. The molecule has 1 amide bonds. The fraction of sp³-hybridized carbons (Fsp3) is 0.143. The van der Waals surface area contributed by atoms with Crippen molar-refractivity contribution in [3.63, 3.8) is 0 Å². The second-order valence-corrected chi connectivity index (χ2v) is 7.36. The van der Waals surface area contributed by atoms with Crippen LogP contribution in [0.5, 0.6) is 0 Å². The number of sulfone groups is 1. The van der Waals surface area contributed by atoms with E-state index in [1.54, 1.807) is 0 Å². The zero-order chi connectivity index (χ0) is 19.5. The minimum Gasteiger partial charge on any atom is -0.450 e. The molecular formula is C14H11ClN2O8S. The minimum absolute atomic E-state index is 0.0178. The van der Waals surface area contributed by atoms with Crippen molar-refractivity contribution >= 4 is 44.9 Å². The van der Waals surface area contributed by atoms with E-state index in [1.807, 2.05) is 0 Å². The minimum atomic E-state index is -3.51. The third-order valence-electron chi connectivity index (χ3n) is 2.95. The van der Waals surface area contributed by atoms with E-state index in [2.05, 4.69) is 14.5 Å². The monoisotopic (exact) mass is 402 g/mol. The number of hydrogen-bond acceptors (Lipinski definition) is 8. The topological polar surface area (TPSA) is 146 Å². The molecule has 2 aromatic rings. The molecule has 1 N–H and O–H groups in total. The molecule has 1 heterocycles. The van der Waals surface area contributed by atoms with Crippen LogP contribution in [0.15, 0.2) is 39.6 Å². The summed E-state index contributed by atoms with van der Waals surface area (Å²) >= 11 is 5.89. The van der Waals surface area contributed by atoms with Gasteiger partial charge in [0.05, 0.1) is 21.7 Å². The summed E-state index contributed by atoms with van der Waals surface area (Å²) in [5.41, 5.74) is 0.0178. The predicted molar refractivity (Wildman–Crippen MR) is 88.8 cm³/mol. The Hall–Kier alpha value is -2.92. The molecule has 0 saturated carbocycles. The number of benzene rings is 1. The number of halogens is 1. The number of nitrogens with one attached hydrogen (secondary N) is 1. The molecule has 0 fully saturated rings. The molecule has 138 valence electrons. The lowest BCUT2D eigenvalue weighted by Gasteiger charge is -2.09. The molecule has 0 unspecified atom stereocenters. The number of furan rings is 1. The van der Waals surface area contributed by atoms with Crippen LogP contribution in [-0.2, 0) is 19.4 Å². The Bertz CT molecular complexity index is 983. The maximum absolute atomic E-state index is 11.8. The fourth-order valence-electron chi connectivity index (χ4n) is 1.75. The second-order valence-electron chi connectivity index (χ2n) is 4.93. The van der Waals surface area contributed by atoms with Crippen LogP contribution in [-0.4, -0.2) is 38.1 Å². The SMILES string of the molecule is CS(=O)(=O)c1ccc(Cl)c(NC(=O)COC(=O)c2ccc([N+](=O)[O-])o2)c1. The molecule has 0 aliphatic rings. The van der Waals surface area contributed by atoms with Crippen molar-refractivity contribution in [3.05, 3.63) is 51.2 Å². The van der Waals surface area contributed by atoms with Gasteiger partial charge >= 0.3 is 11.9 Å². The molecule has 1 aromatic carbocycles. The van der Waals surface area contributed by atoms with E-state index in [1.165, 1.54) is 12.1 Å². The highest BCUT2D eigenvalue weighted by molar-refractivity contribution is 7.90. The maximum atomic E-state index is 11.8. The first-order valence-corrected chi connectivity index (χ1v) is 9.05. The van der Waals surface area contributed by atoms with E-state index in [9.17, 15) is 28.1 Å². The molecule has 0 aliphatic carbocycles. The molecule has 0 saturated heterocycles. The van der Waals surface area contributed by atoms with Crippen LogP contribution in [0.25, 0.3) is 0 Å². The van der Waals surface area contributed by atoms with Gasteiger partial charge in [0.1, 0.15) is 4.92 Å². The van der Waals surface area contributed by atoms with Gasteiger partial charge in [0, 0.05) is 6.26 Å². The third kappa shape index (κ3) is 4.80. The Morgan fingerprint density at radius 3 is 2.58 bits per heavy atom. The first kappa shape index (κ1) is 19.4. The number of hydrogen-bond donors (Lipinski definition) is 1. The van der Waals surface area contributed by atoms with Crippen molar-refractivity contribution in [1.29, 1.82) is 0 Å². The average Bonchev–Trinajstić information content (AvgIpc) is 3.04. The van der Waals surface area contributed by atoms with Crippen molar-refractivity contribution in [2.45, 2.75) is 4.90 Å². The van der Waals surface area contributed by atoms with Crippen molar-refractivity contribution in [2.75, 3.05) is 18.2 Å². The van der Waals surface area contributed by atoms with Gasteiger partial charge in [0.25, 0.3) is 5.91 Å². The van der Waals surface area contributed by atoms with Gasteiger partial charge in [-0.25, -0.2) is 13.2 Å². The van der Waals surface area contributed by atoms with Crippen LogP contribution in [0.2, 0.25) is 5.02 Å². The van der Waals surface area contributed by atoms with E-state index >= 15 is 0 Å². The van der Waals surface area contributed by atoms with Crippen LogP contribution >= 0.6 is 11.6 Å². The number of amides is 1. The summed E-state index contributed by atoms with van der Waals surface area (Å²) in [4.78, 5) is 33.1. The normalized spacial score (nSPS) is 11.0. The van der Waals surface area contributed by atoms with Gasteiger partial charge in [-0.1, -0.05) is 11.6 Å². The lowest BCUT2D eigenvalue weighted by Crippen LogP contribution is -2.21. The molecule has 0 aliphatic heterocycles. The summed E-state index contributed by atoms with van der Waals surface area (Å²) in [6, 6.07) is 5.73. The van der Waals surface area contributed by atoms with Crippen molar-refractivity contribution in [3.8, 4) is 0 Å².